The van der Waals surface area contributed by atoms with Gasteiger partial charge in [0, 0.05) is 23.2 Å². The molecular formula is C17H20ClNO2. The maximum absolute atomic E-state index is 6.03. The van der Waals surface area contributed by atoms with Crippen LogP contribution in [0.4, 0.5) is 0 Å². The van der Waals surface area contributed by atoms with E-state index in [1.807, 2.05) is 36.4 Å². The highest BCUT2D eigenvalue weighted by Gasteiger charge is 2.11. The molecule has 1 atom stereocenters. The number of hydrogen-bond acceptors (Lipinski definition) is 3. The summed E-state index contributed by atoms with van der Waals surface area (Å²) in [7, 11) is 3.30. The summed E-state index contributed by atoms with van der Waals surface area (Å²) in [6, 6.07) is 13.9. The van der Waals surface area contributed by atoms with Gasteiger partial charge in [0.2, 0.25) is 0 Å². The highest BCUT2D eigenvalue weighted by atomic mass is 35.5. The molecule has 1 unspecified atom stereocenters. The van der Waals surface area contributed by atoms with Crippen molar-refractivity contribution in [3.05, 3.63) is 58.6 Å². The van der Waals surface area contributed by atoms with E-state index in [1.165, 1.54) is 0 Å². The molecule has 0 amide bonds. The molecule has 3 nitrogen and oxygen atoms in total. The standard InChI is InChI=1S/C17H20ClNO2/c1-12(13-6-4-8-15(18)10-13)19-11-14-7-5-9-16(20-2)17(14)21-3/h4-10,12,19H,11H2,1-3H3. The number of para-hydroxylation sites is 1. The van der Waals surface area contributed by atoms with E-state index < -0.39 is 0 Å². The van der Waals surface area contributed by atoms with Gasteiger partial charge in [-0.25, -0.2) is 0 Å². The van der Waals surface area contributed by atoms with Crippen LogP contribution in [0.3, 0.4) is 0 Å². The first kappa shape index (κ1) is 15.7. The van der Waals surface area contributed by atoms with Gasteiger partial charge >= 0.3 is 0 Å². The Labute approximate surface area is 130 Å². The molecule has 112 valence electrons. The van der Waals surface area contributed by atoms with E-state index in [9.17, 15) is 0 Å². The minimum absolute atomic E-state index is 0.194. The highest BCUT2D eigenvalue weighted by Crippen LogP contribution is 2.31. The minimum Gasteiger partial charge on any atom is -0.493 e. The first-order valence-electron chi connectivity index (χ1n) is 6.84. The van der Waals surface area contributed by atoms with Crippen molar-refractivity contribution in [3.63, 3.8) is 0 Å². The monoisotopic (exact) mass is 305 g/mol. The molecule has 0 aliphatic rings. The van der Waals surface area contributed by atoms with Crippen LogP contribution in [0.15, 0.2) is 42.5 Å². The third-order valence-electron chi connectivity index (χ3n) is 3.43. The van der Waals surface area contributed by atoms with Gasteiger partial charge in [-0.05, 0) is 30.7 Å². The van der Waals surface area contributed by atoms with Gasteiger partial charge in [-0.15, -0.1) is 0 Å². The van der Waals surface area contributed by atoms with Gasteiger partial charge in [0.15, 0.2) is 11.5 Å². The molecule has 0 aromatic heterocycles. The SMILES string of the molecule is COc1cccc(CNC(C)c2cccc(Cl)c2)c1OC. The molecule has 0 aliphatic heterocycles. The first-order valence-corrected chi connectivity index (χ1v) is 7.22. The molecule has 0 saturated heterocycles. The van der Waals surface area contributed by atoms with E-state index in [0.29, 0.717) is 6.54 Å². The molecule has 2 rings (SSSR count). The Balaban J connectivity index is 2.09. The Hall–Kier alpha value is -1.71. The van der Waals surface area contributed by atoms with Gasteiger partial charge in [-0.3, -0.25) is 0 Å². The Morgan fingerprint density at radius 1 is 1.10 bits per heavy atom. The fourth-order valence-corrected chi connectivity index (χ4v) is 2.45. The molecule has 1 N–H and O–H groups in total. The lowest BCUT2D eigenvalue weighted by atomic mass is 10.1. The second-order valence-electron chi connectivity index (χ2n) is 4.81. The van der Waals surface area contributed by atoms with E-state index in [0.717, 1.165) is 27.6 Å². The van der Waals surface area contributed by atoms with E-state index >= 15 is 0 Å². The number of hydrogen-bond donors (Lipinski definition) is 1. The normalized spacial score (nSPS) is 12.0. The summed E-state index contributed by atoms with van der Waals surface area (Å²) >= 11 is 6.03. The maximum Gasteiger partial charge on any atom is 0.165 e. The van der Waals surface area contributed by atoms with Crippen molar-refractivity contribution < 1.29 is 9.47 Å². The van der Waals surface area contributed by atoms with Crippen molar-refractivity contribution in [2.75, 3.05) is 14.2 Å². The van der Waals surface area contributed by atoms with Crippen LogP contribution < -0.4 is 14.8 Å². The second kappa shape index (κ2) is 7.34. The molecule has 2 aromatic rings. The lowest BCUT2D eigenvalue weighted by molar-refractivity contribution is 0.350. The highest BCUT2D eigenvalue weighted by molar-refractivity contribution is 6.30. The van der Waals surface area contributed by atoms with Crippen molar-refractivity contribution in [3.8, 4) is 11.5 Å². The van der Waals surface area contributed by atoms with Crippen LogP contribution in [-0.4, -0.2) is 14.2 Å². The van der Waals surface area contributed by atoms with Crippen molar-refractivity contribution in [1.82, 2.24) is 5.32 Å². The Morgan fingerprint density at radius 2 is 1.86 bits per heavy atom. The molecule has 4 heteroatoms. The summed E-state index contributed by atoms with van der Waals surface area (Å²) < 4.78 is 10.8. The predicted molar refractivity (Wildman–Crippen MR) is 86.3 cm³/mol. The number of halogens is 1. The Bertz CT molecular complexity index is 601. The maximum atomic E-state index is 6.03. The van der Waals surface area contributed by atoms with Gasteiger partial charge in [0.25, 0.3) is 0 Å². The van der Waals surface area contributed by atoms with Gasteiger partial charge in [-0.2, -0.15) is 0 Å². The lowest BCUT2D eigenvalue weighted by Gasteiger charge is -2.17. The average Bonchev–Trinajstić information content (AvgIpc) is 2.51. The second-order valence-corrected chi connectivity index (χ2v) is 5.25. The van der Waals surface area contributed by atoms with Gasteiger partial charge < -0.3 is 14.8 Å². The summed E-state index contributed by atoms with van der Waals surface area (Å²) in [5, 5.41) is 4.22. The van der Waals surface area contributed by atoms with Crippen molar-refractivity contribution in [2.45, 2.75) is 19.5 Å². The van der Waals surface area contributed by atoms with Crippen LogP contribution >= 0.6 is 11.6 Å². The van der Waals surface area contributed by atoms with Crippen molar-refractivity contribution in [2.24, 2.45) is 0 Å². The smallest absolute Gasteiger partial charge is 0.165 e. The molecule has 0 fully saturated rings. The van der Waals surface area contributed by atoms with E-state index in [4.69, 9.17) is 21.1 Å². The van der Waals surface area contributed by atoms with Crippen LogP contribution in [0.2, 0.25) is 5.02 Å². The lowest BCUT2D eigenvalue weighted by Crippen LogP contribution is -2.18. The van der Waals surface area contributed by atoms with E-state index in [-0.39, 0.29) is 6.04 Å². The molecule has 0 bridgehead atoms. The summed E-state index contributed by atoms with van der Waals surface area (Å²) in [5.41, 5.74) is 2.22. The van der Waals surface area contributed by atoms with E-state index in [1.54, 1.807) is 14.2 Å². The predicted octanol–water partition coefficient (Wildman–Crippen LogP) is 4.21. The number of benzene rings is 2. The number of methoxy groups -OCH3 is 2. The molecule has 0 heterocycles. The molecular weight excluding hydrogens is 286 g/mol. The van der Waals surface area contributed by atoms with Crippen molar-refractivity contribution >= 4 is 11.6 Å². The summed E-state index contributed by atoms with van der Waals surface area (Å²) in [5.74, 6) is 1.51. The molecule has 0 radical (unpaired) electrons. The topological polar surface area (TPSA) is 30.5 Å². The quantitative estimate of drug-likeness (QED) is 0.867. The largest absolute Gasteiger partial charge is 0.493 e. The average molecular weight is 306 g/mol. The van der Waals surface area contributed by atoms with Crippen LogP contribution in [0.5, 0.6) is 11.5 Å². The zero-order valence-corrected chi connectivity index (χ0v) is 13.3. The number of nitrogens with one attached hydrogen (secondary N) is 1. The van der Waals surface area contributed by atoms with Crippen molar-refractivity contribution in [1.29, 1.82) is 0 Å². The van der Waals surface area contributed by atoms with Gasteiger partial charge in [0.05, 0.1) is 14.2 Å². The zero-order chi connectivity index (χ0) is 15.2. The number of ether oxygens (including phenoxy) is 2. The third kappa shape index (κ3) is 3.90. The molecule has 2 aromatic carbocycles. The van der Waals surface area contributed by atoms with Crippen LogP contribution in [0.1, 0.15) is 24.1 Å². The summed E-state index contributed by atoms with van der Waals surface area (Å²) in [6.07, 6.45) is 0. The van der Waals surface area contributed by atoms with Crippen LogP contribution in [-0.2, 0) is 6.54 Å². The minimum atomic E-state index is 0.194. The Morgan fingerprint density at radius 3 is 2.52 bits per heavy atom. The molecule has 0 spiro atoms. The fourth-order valence-electron chi connectivity index (χ4n) is 2.25. The number of rotatable bonds is 6. The first-order chi connectivity index (χ1) is 10.2. The van der Waals surface area contributed by atoms with Crippen LogP contribution in [0.25, 0.3) is 0 Å². The van der Waals surface area contributed by atoms with Gasteiger partial charge in [-0.1, -0.05) is 35.9 Å². The van der Waals surface area contributed by atoms with E-state index in [2.05, 4.69) is 18.3 Å². The third-order valence-corrected chi connectivity index (χ3v) is 3.67. The molecule has 0 saturated carbocycles. The zero-order valence-electron chi connectivity index (χ0n) is 12.5. The van der Waals surface area contributed by atoms with Crippen LogP contribution in [0, 0.1) is 0 Å². The fraction of sp³-hybridized carbons (Fsp3) is 0.294. The van der Waals surface area contributed by atoms with Gasteiger partial charge in [0.1, 0.15) is 0 Å². The summed E-state index contributed by atoms with van der Waals surface area (Å²) in [6.45, 7) is 2.80. The molecule has 21 heavy (non-hydrogen) atoms. The summed E-state index contributed by atoms with van der Waals surface area (Å²) in [4.78, 5) is 0. The molecule has 0 aliphatic carbocycles. The Kier molecular flexibility index (Phi) is 5.48.